The number of carbonyl (C=O) groups excluding carboxylic acids is 1. The normalized spacial score (nSPS) is 18.0. The average Bonchev–Trinajstić information content (AvgIpc) is 3.10. The third-order valence-corrected chi connectivity index (χ3v) is 3.83. The largest absolute Gasteiger partial charge is 0.372 e. The van der Waals surface area contributed by atoms with Crippen LogP contribution in [0.15, 0.2) is 24.8 Å². The van der Waals surface area contributed by atoms with Gasteiger partial charge in [0.1, 0.15) is 17.6 Å². The Morgan fingerprint density at radius 3 is 3.00 bits per heavy atom. The lowest BCUT2D eigenvalue weighted by Crippen LogP contribution is -2.42. The Hall–Kier alpha value is -2.48. The minimum atomic E-state index is -0.287. The van der Waals surface area contributed by atoms with Gasteiger partial charge in [-0.15, -0.1) is 0 Å². The Kier molecular flexibility index (Phi) is 4.52. The molecule has 122 valence electrons. The molecule has 1 fully saturated rings. The summed E-state index contributed by atoms with van der Waals surface area (Å²) < 4.78 is 7.53. The molecule has 0 radical (unpaired) electrons. The molecule has 0 saturated carbocycles. The molecular formula is C15H20N6O2. The highest BCUT2D eigenvalue weighted by molar-refractivity contribution is 5.93. The van der Waals surface area contributed by atoms with E-state index in [4.69, 9.17) is 4.74 Å². The summed E-state index contributed by atoms with van der Waals surface area (Å²) in [6, 6.07) is 0. The van der Waals surface area contributed by atoms with Gasteiger partial charge in [0.15, 0.2) is 0 Å². The van der Waals surface area contributed by atoms with Crippen molar-refractivity contribution in [3.05, 3.63) is 36.0 Å². The van der Waals surface area contributed by atoms with E-state index >= 15 is 0 Å². The molecule has 0 bridgehead atoms. The number of rotatable bonds is 4. The number of ether oxygens (including phenoxy) is 1. The van der Waals surface area contributed by atoms with E-state index in [1.165, 1.54) is 0 Å². The minimum absolute atomic E-state index is 0.0344. The Morgan fingerprint density at radius 1 is 1.43 bits per heavy atom. The first-order valence-corrected chi connectivity index (χ1v) is 7.65. The van der Waals surface area contributed by atoms with E-state index in [9.17, 15) is 4.79 Å². The lowest BCUT2D eigenvalue weighted by molar-refractivity contribution is -0.0245. The van der Waals surface area contributed by atoms with Crippen LogP contribution in [-0.2, 0) is 11.3 Å². The summed E-state index contributed by atoms with van der Waals surface area (Å²) in [5.41, 5.74) is 1.32. The fraction of sp³-hybridized carbons (Fsp3) is 0.467. The summed E-state index contributed by atoms with van der Waals surface area (Å²) in [6.07, 6.45) is 6.35. The number of aromatic nitrogens is 4. The third kappa shape index (κ3) is 3.16. The van der Waals surface area contributed by atoms with E-state index in [1.807, 2.05) is 6.92 Å². The van der Waals surface area contributed by atoms with E-state index < -0.39 is 0 Å². The highest BCUT2D eigenvalue weighted by Gasteiger charge is 2.29. The van der Waals surface area contributed by atoms with Crippen LogP contribution in [0, 0.1) is 0 Å². The number of anilines is 1. The molecule has 3 heterocycles. The minimum Gasteiger partial charge on any atom is -0.372 e. The third-order valence-electron chi connectivity index (χ3n) is 3.83. The van der Waals surface area contributed by atoms with Crippen LogP contribution in [0.5, 0.6) is 0 Å². The monoisotopic (exact) mass is 316 g/mol. The molecule has 2 aromatic rings. The van der Waals surface area contributed by atoms with Gasteiger partial charge in [-0.1, -0.05) is 0 Å². The van der Waals surface area contributed by atoms with E-state index in [2.05, 4.69) is 20.4 Å². The second-order valence-corrected chi connectivity index (χ2v) is 5.24. The zero-order chi connectivity index (χ0) is 16.2. The molecule has 3 rings (SSSR count). The van der Waals surface area contributed by atoms with Gasteiger partial charge in [0.2, 0.25) is 0 Å². The van der Waals surface area contributed by atoms with Crippen molar-refractivity contribution in [2.24, 2.45) is 0 Å². The van der Waals surface area contributed by atoms with Gasteiger partial charge in [-0.05, 0) is 6.92 Å². The van der Waals surface area contributed by atoms with E-state index in [1.54, 1.807) is 41.4 Å². The molecule has 8 heteroatoms. The first-order chi connectivity index (χ1) is 11.2. The predicted octanol–water partition coefficient (Wildman–Crippen LogP) is 0.948. The smallest absolute Gasteiger partial charge is 0.257 e. The summed E-state index contributed by atoms with van der Waals surface area (Å²) in [5.74, 6) is 0.637. The SMILES string of the molecule is CCn1cc(C(=O)N2CCOC(c3nccnc3NC)C2)cn1. The van der Waals surface area contributed by atoms with E-state index in [0.29, 0.717) is 31.1 Å². The van der Waals surface area contributed by atoms with Crippen molar-refractivity contribution in [1.29, 1.82) is 0 Å². The molecule has 2 aromatic heterocycles. The molecular weight excluding hydrogens is 296 g/mol. The molecule has 0 spiro atoms. The summed E-state index contributed by atoms with van der Waals surface area (Å²) in [6.45, 7) is 4.20. The van der Waals surface area contributed by atoms with Crippen LogP contribution in [-0.4, -0.2) is 57.3 Å². The van der Waals surface area contributed by atoms with Crippen LogP contribution >= 0.6 is 0 Å². The Bertz CT molecular complexity index is 686. The Morgan fingerprint density at radius 2 is 2.26 bits per heavy atom. The number of hydrogen-bond acceptors (Lipinski definition) is 6. The highest BCUT2D eigenvalue weighted by Crippen LogP contribution is 2.25. The molecule has 1 N–H and O–H groups in total. The summed E-state index contributed by atoms with van der Waals surface area (Å²) >= 11 is 0. The molecule has 1 atom stereocenters. The van der Waals surface area contributed by atoms with Gasteiger partial charge in [0, 0.05) is 38.7 Å². The van der Waals surface area contributed by atoms with Gasteiger partial charge in [-0.3, -0.25) is 14.5 Å². The van der Waals surface area contributed by atoms with Gasteiger partial charge in [-0.25, -0.2) is 4.98 Å². The summed E-state index contributed by atoms with van der Waals surface area (Å²) in [5, 5.41) is 7.17. The maximum absolute atomic E-state index is 12.6. The molecule has 8 nitrogen and oxygen atoms in total. The van der Waals surface area contributed by atoms with Crippen LogP contribution in [0.4, 0.5) is 5.82 Å². The molecule has 1 unspecified atom stereocenters. The Labute approximate surface area is 134 Å². The molecule has 0 aromatic carbocycles. The second-order valence-electron chi connectivity index (χ2n) is 5.24. The fourth-order valence-electron chi connectivity index (χ4n) is 2.61. The van der Waals surface area contributed by atoms with E-state index in [0.717, 1.165) is 12.2 Å². The zero-order valence-electron chi connectivity index (χ0n) is 13.3. The van der Waals surface area contributed by atoms with Crippen LogP contribution in [0.2, 0.25) is 0 Å². The van der Waals surface area contributed by atoms with Crippen molar-refractivity contribution in [2.75, 3.05) is 32.1 Å². The number of morpholine rings is 1. The zero-order valence-corrected chi connectivity index (χ0v) is 13.3. The fourth-order valence-corrected chi connectivity index (χ4v) is 2.61. The topological polar surface area (TPSA) is 85.2 Å². The number of nitrogens with one attached hydrogen (secondary N) is 1. The Balaban J connectivity index is 1.76. The maximum atomic E-state index is 12.6. The van der Waals surface area contributed by atoms with Gasteiger partial charge in [0.05, 0.1) is 24.9 Å². The number of nitrogens with zero attached hydrogens (tertiary/aromatic N) is 5. The molecule has 23 heavy (non-hydrogen) atoms. The lowest BCUT2D eigenvalue weighted by atomic mass is 10.1. The van der Waals surface area contributed by atoms with Gasteiger partial charge < -0.3 is 15.0 Å². The molecule has 1 aliphatic heterocycles. The molecule has 1 amide bonds. The number of carbonyl (C=O) groups is 1. The number of aryl methyl sites for hydroxylation is 1. The molecule has 1 aliphatic rings. The van der Waals surface area contributed by atoms with Crippen molar-refractivity contribution in [2.45, 2.75) is 19.6 Å². The van der Waals surface area contributed by atoms with Crippen molar-refractivity contribution in [3.63, 3.8) is 0 Å². The average molecular weight is 316 g/mol. The van der Waals surface area contributed by atoms with Crippen molar-refractivity contribution in [3.8, 4) is 0 Å². The summed E-state index contributed by atoms with van der Waals surface area (Å²) in [4.78, 5) is 23.0. The van der Waals surface area contributed by atoms with Gasteiger partial charge >= 0.3 is 0 Å². The van der Waals surface area contributed by atoms with Gasteiger partial charge in [0.25, 0.3) is 5.91 Å². The maximum Gasteiger partial charge on any atom is 0.257 e. The second kappa shape index (κ2) is 6.74. The predicted molar refractivity (Wildman–Crippen MR) is 84.1 cm³/mol. The van der Waals surface area contributed by atoms with E-state index in [-0.39, 0.29) is 12.0 Å². The van der Waals surface area contributed by atoms with Crippen molar-refractivity contribution in [1.82, 2.24) is 24.6 Å². The first kappa shape index (κ1) is 15.4. The van der Waals surface area contributed by atoms with Crippen molar-refractivity contribution < 1.29 is 9.53 Å². The molecule has 0 aliphatic carbocycles. The van der Waals surface area contributed by atoms with Crippen LogP contribution < -0.4 is 5.32 Å². The first-order valence-electron chi connectivity index (χ1n) is 7.65. The van der Waals surface area contributed by atoms with Crippen LogP contribution in [0.25, 0.3) is 0 Å². The number of hydrogen-bond donors (Lipinski definition) is 1. The molecule has 1 saturated heterocycles. The summed E-state index contributed by atoms with van der Waals surface area (Å²) in [7, 11) is 1.79. The number of amides is 1. The quantitative estimate of drug-likeness (QED) is 0.904. The highest BCUT2D eigenvalue weighted by atomic mass is 16.5. The van der Waals surface area contributed by atoms with Crippen LogP contribution in [0.3, 0.4) is 0 Å². The lowest BCUT2D eigenvalue weighted by Gasteiger charge is -2.32. The standard InChI is InChI=1S/C15H20N6O2/c1-3-21-9-11(8-19-21)15(22)20-6-7-23-12(10-20)13-14(16-2)18-5-4-17-13/h4-5,8-9,12H,3,6-7,10H2,1-2H3,(H,16,18). The van der Waals surface area contributed by atoms with Crippen LogP contribution in [0.1, 0.15) is 29.1 Å². The van der Waals surface area contributed by atoms with Crippen molar-refractivity contribution >= 4 is 11.7 Å². The van der Waals surface area contributed by atoms with Gasteiger partial charge in [-0.2, -0.15) is 5.10 Å².